The topological polar surface area (TPSA) is 59.1 Å². The van der Waals surface area contributed by atoms with Crippen molar-refractivity contribution in [3.8, 4) is 5.75 Å². The molecule has 2 rings (SSSR count). The number of methoxy groups -OCH3 is 1. The van der Waals surface area contributed by atoms with Crippen LogP contribution in [0.15, 0.2) is 30.3 Å². The van der Waals surface area contributed by atoms with E-state index in [-0.39, 0.29) is 0 Å². The van der Waals surface area contributed by atoms with Crippen molar-refractivity contribution in [1.82, 2.24) is 9.97 Å². The monoisotopic (exact) mass is 314 g/mol. The van der Waals surface area contributed by atoms with E-state index < -0.39 is 0 Å². The first-order valence-corrected chi connectivity index (χ1v) is 8.04. The molecule has 0 aliphatic heterocycles. The van der Waals surface area contributed by atoms with Crippen LogP contribution in [-0.2, 0) is 6.54 Å². The zero-order chi connectivity index (χ0) is 16.7. The number of hydrogen-bond donors (Lipinski definition) is 2. The minimum absolute atomic E-state index is 0.659. The van der Waals surface area contributed by atoms with Gasteiger partial charge in [0.1, 0.15) is 23.2 Å². The van der Waals surface area contributed by atoms with E-state index in [0.29, 0.717) is 12.5 Å². The summed E-state index contributed by atoms with van der Waals surface area (Å²) in [5.74, 6) is 3.98. The molecule has 0 saturated heterocycles. The first-order valence-electron chi connectivity index (χ1n) is 8.04. The second-order valence-corrected chi connectivity index (χ2v) is 5.96. The molecule has 2 aromatic rings. The van der Waals surface area contributed by atoms with Crippen molar-refractivity contribution < 1.29 is 4.74 Å². The molecule has 0 aliphatic rings. The Morgan fingerprint density at radius 3 is 2.48 bits per heavy atom. The molecule has 2 N–H and O–H groups in total. The summed E-state index contributed by atoms with van der Waals surface area (Å²) in [6.07, 6.45) is 1.12. The van der Waals surface area contributed by atoms with Crippen LogP contribution in [0.25, 0.3) is 0 Å². The summed E-state index contributed by atoms with van der Waals surface area (Å²) in [6, 6.07) is 9.92. The summed E-state index contributed by atoms with van der Waals surface area (Å²) in [5.41, 5.74) is 1.10. The van der Waals surface area contributed by atoms with Gasteiger partial charge < -0.3 is 15.4 Å². The van der Waals surface area contributed by atoms with E-state index in [2.05, 4.69) is 34.4 Å². The summed E-state index contributed by atoms with van der Waals surface area (Å²) >= 11 is 0. The Labute approximate surface area is 138 Å². The third-order valence-electron chi connectivity index (χ3n) is 3.52. The number of ether oxygens (including phenoxy) is 1. The van der Waals surface area contributed by atoms with Gasteiger partial charge in [0.25, 0.3) is 0 Å². The van der Waals surface area contributed by atoms with Crippen LogP contribution in [0, 0.1) is 12.8 Å². The number of anilines is 2. The Kier molecular flexibility index (Phi) is 6.20. The molecule has 0 aliphatic carbocycles. The Morgan fingerprint density at radius 2 is 1.78 bits per heavy atom. The van der Waals surface area contributed by atoms with Crippen molar-refractivity contribution in [2.75, 3.05) is 24.3 Å². The van der Waals surface area contributed by atoms with Crippen LogP contribution in [-0.4, -0.2) is 23.6 Å². The van der Waals surface area contributed by atoms with E-state index >= 15 is 0 Å². The highest BCUT2D eigenvalue weighted by Crippen LogP contribution is 2.19. The van der Waals surface area contributed by atoms with Gasteiger partial charge in [0.15, 0.2) is 0 Å². The highest BCUT2D eigenvalue weighted by atomic mass is 16.5. The van der Waals surface area contributed by atoms with E-state index in [0.717, 1.165) is 41.7 Å². The van der Waals surface area contributed by atoms with Gasteiger partial charge in [-0.15, -0.1) is 0 Å². The fraction of sp³-hybridized carbons (Fsp3) is 0.444. The molecule has 0 fully saturated rings. The quantitative estimate of drug-likeness (QED) is 0.774. The third kappa shape index (κ3) is 5.43. The zero-order valence-corrected chi connectivity index (χ0v) is 14.4. The maximum absolute atomic E-state index is 5.37. The van der Waals surface area contributed by atoms with Gasteiger partial charge in [0, 0.05) is 24.7 Å². The van der Waals surface area contributed by atoms with E-state index in [1.54, 1.807) is 7.11 Å². The van der Waals surface area contributed by atoms with Gasteiger partial charge in [0.05, 0.1) is 7.11 Å². The first kappa shape index (κ1) is 17.1. The van der Waals surface area contributed by atoms with Crippen molar-refractivity contribution in [2.24, 2.45) is 5.92 Å². The molecule has 0 spiro atoms. The molecule has 1 aromatic carbocycles. The van der Waals surface area contributed by atoms with Gasteiger partial charge in [0.2, 0.25) is 0 Å². The van der Waals surface area contributed by atoms with Gasteiger partial charge >= 0.3 is 0 Å². The van der Waals surface area contributed by atoms with E-state index in [1.807, 2.05) is 37.3 Å². The molecular weight excluding hydrogens is 288 g/mol. The van der Waals surface area contributed by atoms with Crippen molar-refractivity contribution in [3.05, 3.63) is 41.7 Å². The van der Waals surface area contributed by atoms with Crippen LogP contribution in [0.4, 0.5) is 11.6 Å². The summed E-state index contributed by atoms with van der Waals surface area (Å²) in [7, 11) is 1.68. The predicted octanol–water partition coefficient (Wildman–Crippen LogP) is 3.86. The van der Waals surface area contributed by atoms with Crippen LogP contribution < -0.4 is 15.4 Å². The molecule has 124 valence electrons. The van der Waals surface area contributed by atoms with E-state index in [4.69, 9.17) is 4.74 Å². The van der Waals surface area contributed by atoms with Crippen LogP contribution in [0.1, 0.15) is 31.7 Å². The standard InChI is InChI=1S/C18H26N4O/c1-13(2)9-10-19-17-11-18(22-14(3)21-17)20-12-15-7-5-6-8-16(15)23-4/h5-8,11,13H,9-10,12H2,1-4H3,(H2,19,20,21,22). The number of rotatable bonds is 8. The molecule has 0 radical (unpaired) electrons. The molecule has 1 heterocycles. The summed E-state index contributed by atoms with van der Waals surface area (Å²) < 4.78 is 5.37. The van der Waals surface area contributed by atoms with Gasteiger partial charge in [-0.1, -0.05) is 32.0 Å². The second kappa shape index (κ2) is 8.36. The lowest BCUT2D eigenvalue weighted by Gasteiger charge is -2.12. The molecule has 5 nitrogen and oxygen atoms in total. The Balaban J connectivity index is 2.00. The lowest BCUT2D eigenvalue weighted by atomic mass is 10.1. The molecule has 0 atom stereocenters. The predicted molar refractivity (Wildman–Crippen MR) is 95.0 cm³/mol. The lowest BCUT2D eigenvalue weighted by molar-refractivity contribution is 0.410. The molecule has 0 unspecified atom stereocenters. The van der Waals surface area contributed by atoms with Gasteiger partial charge in [-0.3, -0.25) is 0 Å². The van der Waals surface area contributed by atoms with E-state index in [9.17, 15) is 0 Å². The zero-order valence-electron chi connectivity index (χ0n) is 14.4. The number of benzene rings is 1. The molecule has 1 aromatic heterocycles. The van der Waals surface area contributed by atoms with Crippen LogP contribution in [0.2, 0.25) is 0 Å². The minimum Gasteiger partial charge on any atom is -0.496 e. The molecule has 5 heteroatoms. The minimum atomic E-state index is 0.659. The molecule has 0 bridgehead atoms. The van der Waals surface area contributed by atoms with Gasteiger partial charge in [-0.25, -0.2) is 9.97 Å². The van der Waals surface area contributed by atoms with Crippen LogP contribution in [0.3, 0.4) is 0 Å². The Hall–Kier alpha value is -2.30. The number of aryl methyl sites for hydroxylation is 1. The molecule has 23 heavy (non-hydrogen) atoms. The van der Waals surface area contributed by atoms with Crippen molar-refractivity contribution in [1.29, 1.82) is 0 Å². The third-order valence-corrected chi connectivity index (χ3v) is 3.52. The highest BCUT2D eigenvalue weighted by Gasteiger charge is 2.05. The molecule has 0 amide bonds. The van der Waals surface area contributed by atoms with E-state index in [1.165, 1.54) is 0 Å². The Morgan fingerprint density at radius 1 is 1.09 bits per heavy atom. The number of nitrogens with zero attached hydrogens (tertiary/aromatic N) is 2. The normalized spacial score (nSPS) is 10.7. The van der Waals surface area contributed by atoms with Gasteiger partial charge in [-0.05, 0) is 25.3 Å². The van der Waals surface area contributed by atoms with Crippen molar-refractivity contribution in [2.45, 2.75) is 33.7 Å². The maximum Gasteiger partial charge on any atom is 0.132 e. The number of hydrogen-bond acceptors (Lipinski definition) is 5. The van der Waals surface area contributed by atoms with Crippen molar-refractivity contribution >= 4 is 11.6 Å². The summed E-state index contributed by atoms with van der Waals surface area (Å²) in [6.45, 7) is 7.91. The van der Waals surface area contributed by atoms with Crippen molar-refractivity contribution in [3.63, 3.8) is 0 Å². The molecular formula is C18H26N4O. The van der Waals surface area contributed by atoms with Gasteiger partial charge in [-0.2, -0.15) is 0 Å². The average Bonchev–Trinajstić information content (AvgIpc) is 2.52. The fourth-order valence-corrected chi connectivity index (χ4v) is 2.27. The maximum atomic E-state index is 5.37. The fourth-order valence-electron chi connectivity index (χ4n) is 2.27. The van der Waals surface area contributed by atoms with Crippen LogP contribution >= 0.6 is 0 Å². The number of nitrogens with one attached hydrogen (secondary N) is 2. The largest absolute Gasteiger partial charge is 0.496 e. The first-order chi connectivity index (χ1) is 11.1. The Bertz CT molecular complexity index is 628. The lowest BCUT2D eigenvalue weighted by Crippen LogP contribution is -2.09. The highest BCUT2D eigenvalue weighted by molar-refractivity contribution is 5.48. The summed E-state index contributed by atoms with van der Waals surface area (Å²) in [4.78, 5) is 8.88. The average molecular weight is 314 g/mol. The second-order valence-electron chi connectivity index (χ2n) is 5.96. The summed E-state index contributed by atoms with van der Waals surface area (Å²) in [5, 5.41) is 6.71. The SMILES string of the molecule is COc1ccccc1CNc1cc(NCCC(C)C)nc(C)n1. The van der Waals surface area contributed by atoms with Crippen LogP contribution in [0.5, 0.6) is 5.75 Å². The smallest absolute Gasteiger partial charge is 0.132 e. The molecule has 0 saturated carbocycles. The number of aromatic nitrogens is 2. The number of para-hydroxylation sites is 1.